The van der Waals surface area contributed by atoms with E-state index < -0.39 is 0 Å². The Morgan fingerprint density at radius 3 is 2.14 bits per heavy atom. The molecule has 2 rings (SSSR count). The molecule has 1 amide bonds. The minimum atomic E-state index is -0.258. The molecule has 21 heavy (non-hydrogen) atoms. The molecule has 0 aliphatic carbocycles. The number of anilines is 3. The van der Waals surface area contributed by atoms with Crippen LogP contribution in [0.5, 0.6) is 5.75 Å². The molecule has 0 spiro atoms. The van der Waals surface area contributed by atoms with Crippen molar-refractivity contribution in [3.8, 4) is 5.75 Å². The van der Waals surface area contributed by atoms with Crippen molar-refractivity contribution in [3.05, 3.63) is 48.0 Å². The van der Waals surface area contributed by atoms with Crippen molar-refractivity contribution in [3.63, 3.8) is 0 Å². The number of carbonyl (C=O) groups is 1. The molecular formula is C16H19N3O2. The maximum atomic E-state index is 12.1. The third-order valence-corrected chi connectivity index (χ3v) is 2.72. The van der Waals surface area contributed by atoms with Gasteiger partial charge in [0.2, 0.25) is 0 Å². The molecule has 0 aliphatic rings. The van der Waals surface area contributed by atoms with Crippen LogP contribution in [0.4, 0.5) is 17.1 Å². The first kappa shape index (κ1) is 14.7. The smallest absolute Gasteiger partial charge is 0.255 e. The number of benzene rings is 2. The number of nitrogens with two attached hydrogens (primary N) is 2. The maximum Gasteiger partial charge on any atom is 0.255 e. The first-order chi connectivity index (χ1) is 9.94. The molecule has 2 aromatic carbocycles. The van der Waals surface area contributed by atoms with E-state index in [1.807, 2.05) is 26.0 Å². The van der Waals surface area contributed by atoms with Crippen molar-refractivity contribution in [1.82, 2.24) is 0 Å². The first-order valence-electron chi connectivity index (χ1n) is 6.68. The molecule has 0 aliphatic heterocycles. The van der Waals surface area contributed by atoms with Crippen molar-refractivity contribution in [1.29, 1.82) is 0 Å². The van der Waals surface area contributed by atoms with E-state index in [1.54, 1.807) is 30.3 Å². The van der Waals surface area contributed by atoms with Gasteiger partial charge in [-0.1, -0.05) is 0 Å². The fourth-order valence-electron chi connectivity index (χ4n) is 1.90. The molecule has 5 nitrogen and oxygen atoms in total. The summed E-state index contributed by atoms with van der Waals surface area (Å²) in [7, 11) is 0. The number of carbonyl (C=O) groups excluding carboxylic acids is 1. The number of hydrogen-bond acceptors (Lipinski definition) is 4. The zero-order valence-corrected chi connectivity index (χ0v) is 12.1. The van der Waals surface area contributed by atoms with Crippen molar-refractivity contribution in [2.24, 2.45) is 0 Å². The number of nitrogens with one attached hydrogen (secondary N) is 1. The van der Waals surface area contributed by atoms with Crippen LogP contribution in [0.2, 0.25) is 0 Å². The van der Waals surface area contributed by atoms with Gasteiger partial charge in [0.1, 0.15) is 5.75 Å². The number of hydrogen-bond donors (Lipinski definition) is 3. The van der Waals surface area contributed by atoms with Gasteiger partial charge in [-0.25, -0.2) is 0 Å². The molecule has 0 saturated carbocycles. The summed E-state index contributed by atoms with van der Waals surface area (Å²) < 4.78 is 5.54. The fraction of sp³-hybridized carbons (Fsp3) is 0.188. The van der Waals surface area contributed by atoms with Gasteiger partial charge in [0.25, 0.3) is 5.91 Å². The second kappa shape index (κ2) is 6.17. The molecule has 0 unspecified atom stereocenters. The van der Waals surface area contributed by atoms with Crippen LogP contribution in [0.25, 0.3) is 0 Å². The Bertz CT molecular complexity index is 616. The highest BCUT2D eigenvalue weighted by atomic mass is 16.5. The summed E-state index contributed by atoms with van der Waals surface area (Å²) in [4.78, 5) is 12.1. The summed E-state index contributed by atoms with van der Waals surface area (Å²) in [6, 6.07) is 12.0. The summed E-state index contributed by atoms with van der Waals surface area (Å²) in [6.45, 7) is 3.92. The summed E-state index contributed by atoms with van der Waals surface area (Å²) in [5, 5.41) is 2.79. The minimum absolute atomic E-state index is 0.112. The van der Waals surface area contributed by atoms with Crippen LogP contribution in [0.3, 0.4) is 0 Å². The minimum Gasteiger partial charge on any atom is -0.491 e. The van der Waals surface area contributed by atoms with E-state index in [0.717, 1.165) is 5.75 Å². The lowest BCUT2D eigenvalue weighted by molar-refractivity contribution is 0.102. The van der Waals surface area contributed by atoms with E-state index in [9.17, 15) is 4.79 Å². The van der Waals surface area contributed by atoms with E-state index in [-0.39, 0.29) is 12.0 Å². The van der Waals surface area contributed by atoms with Gasteiger partial charge in [0, 0.05) is 22.6 Å². The molecule has 5 N–H and O–H groups in total. The molecule has 0 bridgehead atoms. The molecule has 110 valence electrons. The molecule has 0 saturated heterocycles. The molecular weight excluding hydrogens is 266 g/mol. The van der Waals surface area contributed by atoms with Crippen molar-refractivity contribution < 1.29 is 9.53 Å². The molecule has 0 heterocycles. The summed E-state index contributed by atoms with van der Waals surface area (Å²) in [5.74, 6) is 0.503. The normalized spacial score (nSPS) is 10.4. The predicted octanol–water partition coefficient (Wildman–Crippen LogP) is 2.89. The Labute approximate surface area is 123 Å². The Balaban J connectivity index is 2.08. The van der Waals surface area contributed by atoms with E-state index in [2.05, 4.69) is 5.32 Å². The van der Waals surface area contributed by atoms with Crippen LogP contribution in [-0.4, -0.2) is 12.0 Å². The van der Waals surface area contributed by atoms with Crippen molar-refractivity contribution in [2.75, 3.05) is 16.8 Å². The zero-order chi connectivity index (χ0) is 15.4. The van der Waals surface area contributed by atoms with Crippen LogP contribution in [0.1, 0.15) is 24.2 Å². The van der Waals surface area contributed by atoms with Gasteiger partial charge in [-0.2, -0.15) is 0 Å². The van der Waals surface area contributed by atoms with E-state index in [0.29, 0.717) is 22.6 Å². The topological polar surface area (TPSA) is 90.4 Å². The number of ether oxygens (including phenoxy) is 1. The van der Waals surface area contributed by atoms with Crippen LogP contribution in [-0.2, 0) is 0 Å². The van der Waals surface area contributed by atoms with Crippen molar-refractivity contribution in [2.45, 2.75) is 20.0 Å². The fourth-order valence-corrected chi connectivity index (χ4v) is 1.90. The largest absolute Gasteiger partial charge is 0.491 e. The summed E-state index contributed by atoms with van der Waals surface area (Å²) in [5.41, 5.74) is 13.4. The van der Waals surface area contributed by atoms with E-state index in [1.165, 1.54) is 0 Å². The number of rotatable bonds is 4. The highest BCUT2D eigenvalue weighted by Crippen LogP contribution is 2.19. The molecule has 0 radical (unpaired) electrons. The average Bonchev–Trinajstić information content (AvgIpc) is 2.39. The van der Waals surface area contributed by atoms with Gasteiger partial charge in [-0.3, -0.25) is 4.79 Å². The second-order valence-electron chi connectivity index (χ2n) is 5.03. The summed E-state index contributed by atoms with van der Waals surface area (Å²) >= 11 is 0. The van der Waals surface area contributed by atoms with Crippen LogP contribution in [0, 0.1) is 0 Å². The Morgan fingerprint density at radius 1 is 1.05 bits per heavy atom. The lowest BCUT2D eigenvalue weighted by atomic mass is 10.1. The second-order valence-corrected chi connectivity index (χ2v) is 5.03. The van der Waals surface area contributed by atoms with Gasteiger partial charge in [-0.05, 0) is 56.3 Å². The monoisotopic (exact) mass is 285 g/mol. The Morgan fingerprint density at radius 2 is 1.62 bits per heavy atom. The Kier molecular flexibility index (Phi) is 4.33. The van der Waals surface area contributed by atoms with Crippen LogP contribution < -0.4 is 21.5 Å². The van der Waals surface area contributed by atoms with Gasteiger partial charge in [-0.15, -0.1) is 0 Å². The molecule has 0 atom stereocenters. The number of nitrogen functional groups attached to an aromatic ring is 2. The predicted molar refractivity (Wildman–Crippen MR) is 85.4 cm³/mol. The maximum absolute atomic E-state index is 12.1. The van der Waals surface area contributed by atoms with E-state index >= 15 is 0 Å². The quantitative estimate of drug-likeness (QED) is 0.753. The van der Waals surface area contributed by atoms with Gasteiger partial charge < -0.3 is 21.5 Å². The third-order valence-electron chi connectivity index (χ3n) is 2.72. The molecule has 0 fully saturated rings. The zero-order valence-electron chi connectivity index (χ0n) is 12.1. The first-order valence-corrected chi connectivity index (χ1v) is 6.68. The van der Waals surface area contributed by atoms with Crippen molar-refractivity contribution >= 4 is 23.0 Å². The average molecular weight is 285 g/mol. The molecule has 2 aromatic rings. The van der Waals surface area contributed by atoms with Gasteiger partial charge in [0.05, 0.1) is 6.10 Å². The highest BCUT2D eigenvalue weighted by molar-refractivity contribution is 6.05. The van der Waals surface area contributed by atoms with Gasteiger partial charge in [0.15, 0.2) is 0 Å². The lowest BCUT2D eigenvalue weighted by Crippen LogP contribution is -2.12. The third kappa shape index (κ3) is 4.14. The molecule has 0 aromatic heterocycles. The Hall–Kier alpha value is -2.69. The van der Waals surface area contributed by atoms with Crippen LogP contribution in [0.15, 0.2) is 42.5 Å². The number of amides is 1. The lowest BCUT2D eigenvalue weighted by Gasteiger charge is -2.11. The highest BCUT2D eigenvalue weighted by Gasteiger charge is 2.08. The van der Waals surface area contributed by atoms with Crippen LogP contribution >= 0.6 is 0 Å². The van der Waals surface area contributed by atoms with Gasteiger partial charge >= 0.3 is 0 Å². The molecule has 5 heteroatoms. The van der Waals surface area contributed by atoms with E-state index in [4.69, 9.17) is 16.2 Å². The standard InChI is InChI=1S/C16H19N3O2/c1-10(2)21-15-5-3-14(4-6-15)19-16(20)11-7-12(17)9-13(18)8-11/h3-10H,17-18H2,1-2H3,(H,19,20). The SMILES string of the molecule is CC(C)Oc1ccc(NC(=O)c2cc(N)cc(N)c2)cc1. The summed E-state index contributed by atoms with van der Waals surface area (Å²) in [6.07, 6.45) is 0.112.